The molecule has 0 spiro atoms. The van der Waals surface area contributed by atoms with E-state index in [1.165, 1.54) is 11.1 Å². The van der Waals surface area contributed by atoms with E-state index < -0.39 is 0 Å². The van der Waals surface area contributed by atoms with E-state index in [2.05, 4.69) is 86.2 Å². The lowest BCUT2D eigenvalue weighted by atomic mass is 9.98. The SMILES string of the molecule is Cc1cnc2c(ccc3c(C)c(C)c(-c4nnc(-c5cccc(-c6nnc(-c7nc8c(ccc9c(C)c(C)cnc98)c(C)c7C)o6)c5)o4)nc32)c1C. The summed E-state index contributed by atoms with van der Waals surface area (Å²) < 4.78 is 12.6. The van der Waals surface area contributed by atoms with Crippen LogP contribution in [0, 0.1) is 55.4 Å². The third-order valence-corrected chi connectivity index (χ3v) is 10.8. The van der Waals surface area contributed by atoms with Crippen LogP contribution in [-0.2, 0) is 0 Å². The third kappa shape index (κ3) is 4.71. The van der Waals surface area contributed by atoms with Gasteiger partial charge in [0.05, 0.1) is 22.1 Å². The minimum Gasteiger partial charge on any atom is -0.415 e. The molecule has 0 aliphatic rings. The second-order valence-corrected chi connectivity index (χ2v) is 13.7. The number of benzene rings is 3. The zero-order chi connectivity index (χ0) is 36.0. The lowest BCUT2D eigenvalue weighted by molar-refractivity contribution is 0.580. The zero-order valence-electron chi connectivity index (χ0n) is 30.2. The number of aromatic nitrogens is 8. The van der Waals surface area contributed by atoms with Gasteiger partial charge in [-0.1, -0.05) is 30.3 Å². The number of fused-ring (bicyclic) bond motifs is 6. The highest BCUT2D eigenvalue weighted by molar-refractivity contribution is 6.07. The molecule has 6 heterocycles. The molecule has 0 saturated carbocycles. The number of pyridine rings is 4. The van der Waals surface area contributed by atoms with Gasteiger partial charge in [-0.25, -0.2) is 9.97 Å². The molecule has 0 amide bonds. The maximum Gasteiger partial charge on any atom is 0.266 e. The summed E-state index contributed by atoms with van der Waals surface area (Å²) in [5.74, 6) is 1.38. The van der Waals surface area contributed by atoms with Crippen LogP contribution in [0.4, 0.5) is 0 Å². The second kappa shape index (κ2) is 11.6. The summed E-state index contributed by atoms with van der Waals surface area (Å²) in [6.07, 6.45) is 3.80. The fraction of sp³-hybridized carbons (Fsp3) is 0.190. The third-order valence-electron chi connectivity index (χ3n) is 10.8. The highest BCUT2D eigenvalue weighted by atomic mass is 16.4. The molecule has 0 bridgehead atoms. The molecule has 0 fully saturated rings. The normalized spacial score (nSPS) is 11.8. The van der Waals surface area contributed by atoms with Crippen molar-refractivity contribution in [3.05, 3.63) is 105 Å². The molecular weight excluding hydrogens is 649 g/mol. The predicted molar refractivity (Wildman–Crippen MR) is 203 cm³/mol. The molecule has 0 N–H and O–H groups in total. The predicted octanol–water partition coefficient (Wildman–Crippen LogP) is 9.78. The molecule has 0 atom stereocenters. The Morgan fingerprint density at radius 2 is 0.788 bits per heavy atom. The zero-order valence-corrected chi connectivity index (χ0v) is 30.2. The Balaban J connectivity index is 1.08. The van der Waals surface area contributed by atoms with Crippen LogP contribution in [0.2, 0.25) is 0 Å². The number of hydrogen-bond donors (Lipinski definition) is 0. The van der Waals surface area contributed by atoms with Crippen LogP contribution in [-0.4, -0.2) is 40.3 Å². The molecule has 52 heavy (non-hydrogen) atoms. The van der Waals surface area contributed by atoms with Crippen LogP contribution in [0.3, 0.4) is 0 Å². The van der Waals surface area contributed by atoms with Gasteiger partial charge in [0.2, 0.25) is 11.8 Å². The van der Waals surface area contributed by atoms with E-state index in [9.17, 15) is 0 Å². The molecule has 6 aromatic heterocycles. The average molecular weight is 683 g/mol. The lowest BCUT2D eigenvalue weighted by Gasteiger charge is -2.12. The summed E-state index contributed by atoms with van der Waals surface area (Å²) in [6.45, 7) is 16.6. The standard InChI is InChI=1S/C42H34N8O2/c1-19-17-43-35-29(21(19)3)12-14-31-23(5)25(7)33(45-37(31)35)41-49-47-39(51-41)27-10-9-11-28(16-27)40-48-50-42(52-40)34-26(8)24(6)32-15-13-30-22(4)20(2)18-44-36(30)38(32)46-34/h9-18H,1-8H3. The molecule has 0 unspecified atom stereocenters. The first-order valence-electron chi connectivity index (χ1n) is 17.2. The Morgan fingerprint density at radius 3 is 1.21 bits per heavy atom. The first-order valence-corrected chi connectivity index (χ1v) is 17.2. The van der Waals surface area contributed by atoms with Crippen molar-refractivity contribution in [2.75, 3.05) is 0 Å². The maximum atomic E-state index is 6.29. The van der Waals surface area contributed by atoms with Crippen molar-refractivity contribution >= 4 is 43.6 Å². The molecule has 3 aromatic carbocycles. The van der Waals surface area contributed by atoms with Gasteiger partial charge >= 0.3 is 0 Å². The van der Waals surface area contributed by atoms with Crippen LogP contribution in [0.1, 0.15) is 44.5 Å². The van der Waals surface area contributed by atoms with Crippen molar-refractivity contribution in [2.24, 2.45) is 0 Å². The van der Waals surface area contributed by atoms with Crippen molar-refractivity contribution in [1.82, 2.24) is 40.3 Å². The van der Waals surface area contributed by atoms with Crippen LogP contribution >= 0.6 is 0 Å². The van der Waals surface area contributed by atoms with Crippen molar-refractivity contribution in [1.29, 1.82) is 0 Å². The topological polar surface area (TPSA) is 129 Å². The molecule has 254 valence electrons. The first-order chi connectivity index (χ1) is 25.1. The Labute approximate surface area is 299 Å². The molecule has 0 radical (unpaired) electrons. The molecule has 9 rings (SSSR count). The van der Waals surface area contributed by atoms with E-state index in [1.54, 1.807) is 0 Å². The van der Waals surface area contributed by atoms with Gasteiger partial charge in [-0.2, -0.15) is 0 Å². The van der Waals surface area contributed by atoms with Gasteiger partial charge in [0.1, 0.15) is 11.4 Å². The first kappa shape index (κ1) is 31.6. The number of nitrogens with zero attached hydrogens (tertiary/aromatic N) is 8. The summed E-state index contributed by atoms with van der Waals surface area (Å²) >= 11 is 0. The van der Waals surface area contributed by atoms with Crippen molar-refractivity contribution < 1.29 is 8.83 Å². The van der Waals surface area contributed by atoms with Crippen LogP contribution in [0.5, 0.6) is 0 Å². The second-order valence-electron chi connectivity index (χ2n) is 13.7. The van der Waals surface area contributed by atoms with E-state index in [0.29, 0.717) is 46.1 Å². The fourth-order valence-electron chi connectivity index (χ4n) is 7.02. The Hall–Kier alpha value is -6.42. The van der Waals surface area contributed by atoms with Gasteiger partial charge in [0.25, 0.3) is 11.8 Å². The Morgan fingerprint density at radius 1 is 0.404 bits per heavy atom. The van der Waals surface area contributed by atoms with E-state index in [0.717, 1.165) is 77.0 Å². The summed E-state index contributed by atoms with van der Waals surface area (Å²) in [4.78, 5) is 19.7. The molecule has 0 saturated heterocycles. The van der Waals surface area contributed by atoms with Gasteiger partial charge in [-0.3, -0.25) is 9.97 Å². The minimum absolute atomic E-state index is 0.337. The number of aryl methyl sites for hydroxylation is 6. The summed E-state index contributed by atoms with van der Waals surface area (Å²) in [7, 11) is 0. The minimum atomic E-state index is 0.337. The summed E-state index contributed by atoms with van der Waals surface area (Å²) in [5, 5.41) is 22.0. The van der Waals surface area contributed by atoms with Crippen molar-refractivity contribution in [2.45, 2.75) is 55.4 Å². The van der Waals surface area contributed by atoms with E-state index in [-0.39, 0.29) is 0 Å². The molecular formula is C42H34N8O2. The fourth-order valence-corrected chi connectivity index (χ4v) is 7.02. The molecule has 0 aliphatic heterocycles. The lowest BCUT2D eigenvalue weighted by Crippen LogP contribution is -1.97. The van der Waals surface area contributed by atoms with Crippen LogP contribution in [0.15, 0.2) is 69.8 Å². The molecule has 9 aromatic rings. The summed E-state index contributed by atoms with van der Waals surface area (Å²) in [5.41, 5.74) is 14.8. The maximum absolute atomic E-state index is 6.29. The van der Waals surface area contributed by atoms with Crippen LogP contribution in [0.25, 0.3) is 89.7 Å². The Kier molecular flexibility index (Phi) is 7.01. The number of rotatable bonds is 4. The highest BCUT2D eigenvalue weighted by Gasteiger charge is 2.22. The summed E-state index contributed by atoms with van der Waals surface area (Å²) in [6, 6.07) is 16.1. The molecule has 0 aliphatic carbocycles. The van der Waals surface area contributed by atoms with Gasteiger partial charge in [-0.05, 0) is 118 Å². The monoisotopic (exact) mass is 682 g/mol. The number of hydrogen-bond acceptors (Lipinski definition) is 10. The van der Waals surface area contributed by atoms with E-state index in [1.807, 2.05) is 50.5 Å². The van der Waals surface area contributed by atoms with E-state index >= 15 is 0 Å². The van der Waals surface area contributed by atoms with Gasteiger partial charge in [0, 0.05) is 45.1 Å². The largest absolute Gasteiger partial charge is 0.415 e. The highest BCUT2D eigenvalue weighted by Crippen LogP contribution is 2.36. The van der Waals surface area contributed by atoms with Crippen molar-refractivity contribution in [3.8, 4) is 46.1 Å². The van der Waals surface area contributed by atoms with Gasteiger partial charge in [0.15, 0.2) is 0 Å². The van der Waals surface area contributed by atoms with E-state index in [4.69, 9.17) is 28.8 Å². The van der Waals surface area contributed by atoms with Crippen molar-refractivity contribution in [3.63, 3.8) is 0 Å². The van der Waals surface area contributed by atoms with Gasteiger partial charge in [-0.15, -0.1) is 20.4 Å². The quantitative estimate of drug-likeness (QED) is 0.165. The van der Waals surface area contributed by atoms with Gasteiger partial charge < -0.3 is 8.83 Å². The average Bonchev–Trinajstić information content (AvgIpc) is 3.85. The smallest absolute Gasteiger partial charge is 0.266 e. The van der Waals surface area contributed by atoms with Crippen LogP contribution < -0.4 is 0 Å². The molecule has 10 heteroatoms. The molecule has 10 nitrogen and oxygen atoms in total. The Bertz CT molecular complexity index is 2760.